The van der Waals surface area contributed by atoms with Crippen molar-refractivity contribution < 1.29 is 0 Å². The molecular weight excluding hydrogens is 372 g/mol. The van der Waals surface area contributed by atoms with Gasteiger partial charge in [0, 0.05) is 32.0 Å². The topological polar surface area (TPSA) is 67.1 Å². The average Bonchev–Trinajstić information content (AvgIpc) is 3.04. The molecule has 146 valence electrons. The smallest absolute Gasteiger partial charge is 0.191 e. The first-order chi connectivity index (χ1) is 13.6. The van der Waals surface area contributed by atoms with Crippen LogP contribution >= 0.6 is 11.6 Å². The molecule has 0 aliphatic heterocycles. The van der Waals surface area contributed by atoms with E-state index in [0.29, 0.717) is 11.7 Å². The van der Waals surface area contributed by atoms with Crippen molar-refractivity contribution in [1.82, 2.24) is 25.4 Å². The molecule has 0 aliphatic carbocycles. The molecule has 0 radical (unpaired) electrons. The summed E-state index contributed by atoms with van der Waals surface area (Å²) in [6.07, 6.45) is 2.64. The lowest BCUT2D eigenvalue weighted by atomic mass is 10.1. The van der Waals surface area contributed by atoms with Crippen molar-refractivity contribution in [3.63, 3.8) is 0 Å². The molecule has 28 heavy (non-hydrogen) atoms. The van der Waals surface area contributed by atoms with E-state index in [1.54, 1.807) is 19.3 Å². The van der Waals surface area contributed by atoms with Gasteiger partial charge >= 0.3 is 0 Å². The van der Waals surface area contributed by atoms with Crippen molar-refractivity contribution in [3.05, 3.63) is 76.3 Å². The molecule has 0 saturated carbocycles. The summed E-state index contributed by atoms with van der Waals surface area (Å²) >= 11 is 5.82. The van der Waals surface area contributed by atoms with Crippen molar-refractivity contribution in [2.45, 2.75) is 26.8 Å². The molecule has 0 atom stereocenters. The van der Waals surface area contributed by atoms with E-state index in [-0.39, 0.29) is 0 Å². The quantitative estimate of drug-likeness (QED) is 0.380. The first-order valence-electron chi connectivity index (χ1n) is 9.23. The van der Waals surface area contributed by atoms with Crippen LogP contribution in [0.15, 0.2) is 53.7 Å². The van der Waals surface area contributed by atoms with Gasteiger partial charge < -0.3 is 10.6 Å². The molecule has 7 heteroatoms. The maximum absolute atomic E-state index is 5.82. The summed E-state index contributed by atoms with van der Waals surface area (Å²) in [6, 6.07) is 14.1. The third kappa shape index (κ3) is 5.10. The zero-order chi connectivity index (χ0) is 19.9. The highest BCUT2D eigenvalue weighted by atomic mass is 35.5. The summed E-state index contributed by atoms with van der Waals surface area (Å²) in [5.41, 5.74) is 5.47. The second kappa shape index (κ2) is 9.37. The number of nitrogens with one attached hydrogen (secondary N) is 2. The molecule has 2 heterocycles. The SMILES string of the molecule is CN=C(NCCc1ccc(Cl)nc1)NCc1ccccc1-n1nc(C)cc1C. The second-order valence-corrected chi connectivity index (χ2v) is 6.95. The summed E-state index contributed by atoms with van der Waals surface area (Å²) in [6.45, 7) is 5.47. The number of halogens is 1. The largest absolute Gasteiger partial charge is 0.356 e. The Bertz CT molecular complexity index is 946. The minimum atomic E-state index is 0.510. The third-order valence-corrected chi connectivity index (χ3v) is 4.62. The zero-order valence-electron chi connectivity index (χ0n) is 16.4. The molecule has 0 aliphatic rings. The van der Waals surface area contributed by atoms with Crippen LogP contribution in [0.4, 0.5) is 0 Å². The first kappa shape index (κ1) is 19.9. The number of aliphatic imine (C=N–C) groups is 1. The Morgan fingerprint density at radius 2 is 1.96 bits per heavy atom. The minimum absolute atomic E-state index is 0.510. The average molecular weight is 397 g/mol. The van der Waals surface area contributed by atoms with E-state index in [1.807, 2.05) is 29.8 Å². The first-order valence-corrected chi connectivity index (χ1v) is 9.61. The van der Waals surface area contributed by atoms with Crippen molar-refractivity contribution in [2.24, 2.45) is 4.99 Å². The Morgan fingerprint density at radius 1 is 1.14 bits per heavy atom. The molecule has 0 fully saturated rings. The van der Waals surface area contributed by atoms with Gasteiger partial charge in [-0.25, -0.2) is 9.67 Å². The molecule has 2 aromatic heterocycles. The van der Waals surface area contributed by atoms with E-state index < -0.39 is 0 Å². The Labute approximate surface area is 170 Å². The summed E-state index contributed by atoms with van der Waals surface area (Å²) in [7, 11) is 1.77. The molecule has 3 rings (SSSR count). The van der Waals surface area contributed by atoms with Crippen molar-refractivity contribution in [3.8, 4) is 5.69 Å². The lowest BCUT2D eigenvalue weighted by Gasteiger charge is -2.15. The number of hydrogen-bond donors (Lipinski definition) is 2. The van der Waals surface area contributed by atoms with Gasteiger partial charge in [0.1, 0.15) is 5.15 Å². The number of aromatic nitrogens is 3. The molecule has 0 saturated heterocycles. The number of rotatable bonds is 6. The summed E-state index contributed by atoms with van der Waals surface area (Å²) < 4.78 is 1.98. The highest BCUT2D eigenvalue weighted by molar-refractivity contribution is 6.29. The molecule has 2 N–H and O–H groups in total. The molecule has 0 unspecified atom stereocenters. The van der Waals surface area contributed by atoms with Crippen LogP contribution in [0.1, 0.15) is 22.5 Å². The number of aryl methyl sites for hydroxylation is 2. The van der Waals surface area contributed by atoms with Crippen LogP contribution in [0.5, 0.6) is 0 Å². The number of benzene rings is 1. The molecular formula is C21H25ClN6. The van der Waals surface area contributed by atoms with Crippen LogP contribution in [-0.4, -0.2) is 34.3 Å². The highest BCUT2D eigenvalue weighted by Crippen LogP contribution is 2.16. The van der Waals surface area contributed by atoms with Gasteiger partial charge in [-0.2, -0.15) is 5.10 Å². The summed E-state index contributed by atoms with van der Waals surface area (Å²) in [5.74, 6) is 0.755. The van der Waals surface area contributed by atoms with E-state index in [4.69, 9.17) is 11.6 Å². The van der Waals surface area contributed by atoms with Gasteiger partial charge in [-0.1, -0.05) is 35.9 Å². The maximum Gasteiger partial charge on any atom is 0.191 e. The molecule has 1 aromatic carbocycles. The summed E-state index contributed by atoms with van der Waals surface area (Å²) in [4.78, 5) is 8.41. The fourth-order valence-corrected chi connectivity index (χ4v) is 3.13. The molecule has 0 amide bonds. The van der Waals surface area contributed by atoms with Crippen LogP contribution in [0.25, 0.3) is 5.69 Å². The minimum Gasteiger partial charge on any atom is -0.356 e. The van der Waals surface area contributed by atoms with E-state index in [2.05, 4.69) is 50.8 Å². The van der Waals surface area contributed by atoms with Gasteiger partial charge in [0.25, 0.3) is 0 Å². The standard InChI is InChI=1S/C21H25ClN6/c1-15-12-16(2)28(27-15)19-7-5-4-6-18(19)14-26-21(23-3)24-11-10-17-8-9-20(22)25-13-17/h4-9,12-13H,10-11,14H2,1-3H3,(H2,23,24,26). The second-order valence-electron chi connectivity index (χ2n) is 6.56. The van der Waals surface area contributed by atoms with Crippen LogP contribution in [0.3, 0.4) is 0 Å². The van der Waals surface area contributed by atoms with Gasteiger partial charge in [0.15, 0.2) is 5.96 Å². The molecule has 0 spiro atoms. The Morgan fingerprint density at radius 3 is 2.64 bits per heavy atom. The third-order valence-electron chi connectivity index (χ3n) is 4.39. The predicted octanol–water partition coefficient (Wildman–Crippen LogP) is 3.45. The van der Waals surface area contributed by atoms with Gasteiger partial charge in [0.2, 0.25) is 0 Å². The van der Waals surface area contributed by atoms with Crippen LogP contribution in [0.2, 0.25) is 5.15 Å². The van der Waals surface area contributed by atoms with E-state index in [0.717, 1.165) is 47.1 Å². The van der Waals surface area contributed by atoms with Crippen molar-refractivity contribution in [1.29, 1.82) is 0 Å². The lowest BCUT2D eigenvalue weighted by molar-refractivity contribution is 0.774. The van der Waals surface area contributed by atoms with Crippen LogP contribution < -0.4 is 10.6 Å². The molecule has 0 bridgehead atoms. The molecule has 3 aromatic rings. The van der Waals surface area contributed by atoms with E-state index in [9.17, 15) is 0 Å². The Hall–Kier alpha value is -2.86. The Kier molecular flexibility index (Phi) is 6.66. The number of para-hydroxylation sites is 1. The van der Waals surface area contributed by atoms with E-state index >= 15 is 0 Å². The van der Waals surface area contributed by atoms with Gasteiger partial charge in [-0.15, -0.1) is 0 Å². The zero-order valence-corrected chi connectivity index (χ0v) is 17.2. The normalized spacial score (nSPS) is 11.5. The number of guanidine groups is 1. The number of nitrogens with zero attached hydrogens (tertiary/aromatic N) is 4. The van der Waals surface area contributed by atoms with Crippen molar-refractivity contribution in [2.75, 3.05) is 13.6 Å². The lowest BCUT2D eigenvalue weighted by Crippen LogP contribution is -2.38. The fourth-order valence-electron chi connectivity index (χ4n) is 3.02. The number of hydrogen-bond acceptors (Lipinski definition) is 3. The Balaban J connectivity index is 1.59. The fraction of sp³-hybridized carbons (Fsp3) is 0.286. The van der Waals surface area contributed by atoms with Gasteiger partial charge in [0.05, 0.1) is 11.4 Å². The van der Waals surface area contributed by atoms with Crippen LogP contribution in [0, 0.1) is 13.8 Å². The van der Waals surface area contributed by atoms with E-state index in [1.165, 1.54) is 0 Å². The monoisotopic (exact) mass is 396 g/mol. The number of pyridine rings is 1. The van der Waals surface area contributed by atoms with Crippen LogP contribution in [-0.2, 0) is 13.0 Å². The van der Waals surface area contributed by atoms with Crippen molar-refractivity contribution >= 4 is 17.6 Å². The molecule has 6 nitrogen and oxygen atoms in total. The summed E-state index contributed by atoms with van der Waals surface area (Å²) in [5, 5.41) is 11.8. The predicted molar refractivity (Wildman–Crippen MR) is 114 cm³/mol. The maximum atomic E-state index is 5.82. The highest BCUT2D eigenvalue weighted by Gasteiger charge is 2.09. The van der Waals surface area contributed by atoms with Gasteiger partial charge in [-0.05, 0) is 49.6 Å². The van der Waals surface area contributed by atoms with Gasteiger partial charge in [-0.3, -0.25) is 4.99 Å².